The monoisotopic (exact) mass is 351 g/mol. The lowest BCUT2D eigenvalue weighted by Gasteiger charge is -2.23. The summed E-state index contributed by atoms with van der Waals surface area (Å²) in [7, 11) is -4.16. The van der Waals surface area contributed by atoms with Crippen LogP contribution in [0.15, 0.2) is 42.5 Å². The molecule has 2 aromatic rings. The van der Waals surface area contributed by atoms with Gasteiger partial charge in [-0.3, -0.25) is 10.0 Å². The van der Waals surface area contributed by atoms with Crippen LogP contribution in [0.1, 0.15) is 25.8 Å². The molecule has 0 saturated carbocycles. The molecule has 0 aliphatic heterocycles. The van der Waals surface area contributed by atoms with Crippen LogP contribution in [0.25, 0.3) is 10.8 Å². The summed E-state index contributed by atoms with van der Waals surface area (Å²) in [4.78, 5) is 11.3. The van der Waals surface area contributed by atoms with Gasteiger partial charge in [-0.05, 0) is 28.7 Å². The predicted molar refractivity (Wildman–Crippen MR) is 91.1 cm³/mol. The lowest BCUT2D eigenvalue weighted by Crippen LogP contribution is -2.44. The minimum Gasteiger partial charge on any atom is -0.480 e. The van der Waals surface area contributed by atoms with E-state index in [-0.39, 0.29) is 16.8 Å². The summed E-state index contributed by atoms with van der Waals surface area (Å²) in [6.45, 7) is 3.53. The Morgan fingerprint density at radius 3 is 2.33 bits per heavy atom. The molecule has 0 bridgehead atoms. The van der Waals surface area contributed by atoms with Gasteiger partial charge in [0.1, 0.15) is 6.04 Å². The molecule has 0 amide bonds. The van der Waals surface area contributed by atoms with E-state index in [9.17, 15) is 23.5 Å². The van der Waals surface area contributed by atoms with Gasteiger partial charge >= 0.3 is 5.97 Å². The molecule has 24 heavy (non-hydrogen) atoms. The molecule has 6 nitrogen and oxygen atoms in total. The first kappa shape index (κ1) is 18.4. The Bertz CT molecular complexity index is 832. The largest absolute Gasteiger partial charge is 0.480 e. The molecule has 2 aromatic carbocycles. The van der Waals surface area contributed by atoms with Crippen LogP contribution >= 0.6 is 0 Å². The number of aliphatic carboxylic acids is 1. The van der Waals surface area contributed by atoms with E-state index in [2.05, 4.69) is 0 Å². The Morgan fingerprint density at radius 1 is 1.12 bits per heavy atom. The van der Waals surface area contributed by atoms with E-state index in [1.807, 2.05) is 24.3 Å². The average Bonchev–Trinajstić information content (AvgIpc) is 2.51. The van der Waals surface area contributed by atoms with Crippen molar-refractivity contribution in [1.29, 1.82) is 0 Å². The molecular weight excluding hydrogens is 330 g/mol. The molecule has 130 valence electrons. The normalized spacial score (nSPS) is 13.5. The van der Waals surface area contributed by atoms with Gasteiger partial charge in [0.2, 0.25) is 10.0 Å². The number of rotatable bonds is 7. The summed E-state index contributed by atoms with van der Waals surface area (Å²) in [5, 5.41) is 21.0. The zero-order valence-electron chi connectivity index (χ0n) is 13.6. The zero-order valence-corrected chi connectivity index (χ0v) is 14.4. The molecule has 0 aromatic heterocycles. The number of hydrogen-bond donors (Lipinski definition) is 2. The first-order chi connectivity index (χ1) is 11.2. The molecule has 1 atom stereocenters. The van der Waals surface area contributed by atoms with Crippen molar-refractivity contribution in [2.45, 2.75) is 32.1 Å². The molecule has 7 heteroatoms. The van der Waals surface area contributed by atoms with Gasteiger partial charge in [-0.2, -0.15) is 0 Å². The van der Waals surface area contributed by atoms with E-state index in [0.717, 1.165) is 10.8 Å². The van der Waals surface area contributed by atoms with Gasteiger partial charge in [0.05, 0.1) is 5.75 Å². The number of fused-ring (bicyclic) bond motifs is 1. The van der Waals surface area contributed by atoms with Crippen molar-refractivity contribution in [2.24, 2.45) is 5.92 Å². The van der Waals surface area contributed by atoms with Crippen molar-refractivity contribution in [3.8, 4) is 0 Å². The van der Waals surface area contributed by atoms with E-state index in [1.54, 1.807) is 32.0 Å². The third-order valence-electron chi connectivity index (χ3n) is 3.69. The molecule has 0 aliphatic carbocycles. The van der Waals surface area contributed by atoms with Crippen LogP contribution in [0.5, 0.6) is 0 Å². The van der Waals surface area contributed by atoms with Gasteiger partial charge in [0, 0.05) is 0 Å². The molecule has 2 rings (SSSR count). The van der Waals surface area contributed by atoms with Crippen LogP contribution in [-0.2, 0) is 20.6 Å². The molecule has 0 saturated heterocycles. The zero-order chi connectivity index (χ0) is 17.9. The van der Waals surface area contributed by atoms with Crippen LogP contribution in [-0.4, -0.2) is 35.2 Å². The van der Waals surface area contributed by atoms with Crippen LogP contribution in [0.4, 0.5) is 0 Å². The first-order valence-electron chi connectivity index (χ1n) is 7.62. The van der Waals surface area contributed by atoms with Crippen molar-refractivity contribution in [3.05, 3.63) is 48.0 Å². The van der Waals surface area contributed by atoms with E-state index in [0.29, 0.717) is 5.56 Å². The lowest BCUT2D eigenvalue weighted by atomic mass is 10.1. The molecule has 0 fully saturated rings. The molecule has 1 unspecified atom stereocenters. The molecule has 0 aliphatic rings. The number of sulfonamides is 1. The van der Waals surface area contributed by atoms with E-state index >= 15 is 0 Å². The van der Waals surface area contributed by atoms with Crippen molar-refractivity contribution in [3.63, 3.8) is 0 Å². The Morgan fingerprint density at radius 2 is 1.75 bits per heavy atom. The van der Waals surface area contributed by atoms with Crippen LogP contribution in [0.2, 0.25) is 0 Å². The number of benzene rings is 2. The quantitative estimate of drug-likeness (QED) is 0.748. The number of hydroxylamine groups is 1. The second-order valence-electron chi connectivity index (χ2n) is 6.19. The third kappa shape index (κ3) is 4.31. The summed E-state index contributed by atoms with van der Waals surface area (Å²) < 4.78 is 24.7. The number of carboxylic acids is 1. The van der Waals surface area contributed by atoms with E-state index in [4.69, 9.17) is 0 Å². The van der Waals surface area contributed by atoms with Gasteiger partial charge in [0.25, 0.3) is 0 Å². The second-order valence-corrected chi connectivity index (χ2v) is 8.02. The summed E-state index contributed by atoms with van der Waals surface area (Å²) >= 11 is 0. The maximum atomic E-state index is 12.4. The number of nitrogens with zero attached hydrogens (tertiary/aromatic N) is 1. The Kier molecular flexibility index (Phi) is 5.58. The molecule has 0 heterocycles. The van der Waals surface area contributed by atoms with Gasteiger partial charge in [-0.15, -0.1) is 0 Å². The smallest absolute Gasteiger partial charge is 0.324 e. The van der Waals surface area contributed by atoms with Crippen molar-refractivity contribution in [2.75, 3.05) is 0 Å². The van der Waals surface area contributed by atoms with Gasteiger partial charge < -0.3 is 5.11 Å². The van der Waals surface area contributed by atoms with Crippen molar-refractivity contribution >= 4 is 26.8 Å². The summed E-state index contributed by atoms with van der Waals surface area (Å²) in [6, 6.07) is 11.2. The summed E-state index contributed by atoms with van der Waals surface area (Å²) in [5.74, 6) is -1.90. The molecule has 2 N–H and O–H groups in total. The number of hydrogen-bond acceptors (Lipinski definition) is 4. The Hall–Kier alpha value is -1.96. The number of carbonyl (C=O) groups is 1. The SMILES string of the molecule is CC(C)CC(C(=O)O)N(O)S(=O)(=O)Cc1ccc2ccccc2c1. The highest BCUT2D eigenvalue weighted by Crippen LogP contribution is 2.20. The predicted octanol–water partition coefficient (Wildman–Crippen LogP) is 2.86. The fraction of sp³-hybridized carbons (Fsp3) is 0.353. The lowest BCUT2D eigenvalue weighted by molar-refractivity contribution is -0.152. The summed E-state index contributed by atoms with van der Waals surface area (Å²) in [5.41, 5.74) is 0.487. The second kappa shape index (κ2) is 7.29. The van der Waals surface area contributed by atoms with Crippen molar-refractivity contribution < 1.29 is 23.5 Å². The highest BCUT2D eigenvalue weighted by Gasteiger charge is 2.34. The third-order valence-corrected chi connectivity index (χ3v) is 5.22. The summed E-state index contributed by atoms with van der Waals surface area (Å²) in [6.07, 6.45) is 0.0305. The molecule has 0 spiro atoms. The molecule has 0 radical (unpaired) electrons. The standard InChI is InChI=1S/C17H21NO5S/c1-12(2)9-16(17(19)20)18(21)24(22,23)11-13-7-8-14-5-3-4-6-15(14)10-13/h3-8,10,12,16,21H,9,11H2,1-2H3,(H,19,20). The Labute approximate surface area is 141 Å². The van der Waals surface area contributed by atoms with Gasteiger partial charge in [-0.1, -0.05) is 60.8 Å². The van der Waals surface area contributed by atoms with E-state index < -0.39 is 27.8 Å². The fourth-order valence-corrected chi connectivity index (χ4v) is 3.83. The minimum atomic E-state index is -4.16. The fourth-order valence-electron chi connectivity index (χ4n) is 2.53. The van der Waals surface area contributed by atoms with Crippen LogP contribution in [0.3, 0.4) is 0 Å². The molecular formula is C17H21NO5S. The van der Waals surface area contributed by atoms with Crippen LogP contribution in [0, 0.1) is 5.92 Å². The highest BCUT2D eigenvalue weighted by molar-refractivity contribution is 7.88. The number of carboxylic acid groups (broad SMARTS) is 1. The van der Waals surface area contributed by atoms with Crippen LogP contribution < -0.4 is 0 Å². The maximum absolute atomic E-state index is 12.4. The van der Waals surface area contributed by atoms with Gasteiger partial charge in [0.15, 0.2) is 0 Å². The van der Waals surface area contributed by atoms with Gasteiger partial charge in [-0.25, -0.2) is 8.42 Å². The minimum absolute atomic E-state index is 0.00940. The topological polar surface area (TPSA) is 94.9 Å². The Balaban J connectivity index is 2.26. The van der Waals surface area contributed by atoms with Crippen molar-refractivity contribution in [1.82, 2.24) is 4.47 Å². The maximum Gasteiger partial charge on any atom is 0.324 e. The van der Waals surface area contributed by atoms with E-state index in [1.165, 1.54) is 0 Å². The first-order valence-corrected chi connectivity index (χ1v) is 9.23. The average molecular weight is 351 g/mol. The highest BCUT2D eigenvalue weighted by atomic mass is 32.2.